The van der Waals surface area contributed by atoms with Crippen LogP contribution in [0.3, 0.4) is 0 Å². The molecule has 0 fully saturated rings. The minimum Gasteiger partial charge on any atom is -0.374 e. The maximum Gasteiger partial charge on any atom is 0.634 e. The van der Waals surface area contributed by atoms with Crippen molar-refractivity contribution in [3.63, 3.8) is 0 Å². The summed E-state index contributed by atoms with van der Waals surface area (Å²) in [5, 5.41) is 0. The van der Waals surface area contributed by atoms with Crippen LogP contribution in [0.15, 0.2) is 0 Å². The number of hydrogen-bond acceptors (Lipinski definition) is 8. The maximum atomic E-state index is 12.5. The highest BCUT2D eigenvalue weighted by Gasteiger charge is 2.55. The van der Waals surface area contributed by atoms with Gasteiger partial charge in [-0.25, -0.2) is 8.42 Å². The molecular weight excluding hydrogens is 348 g/mol. The van der Waals surface area contributed by atoms with Gasteiger partial charge < -0.3 is 26.6 Å². The lowest BCUT2D eigenvalue weighted by molar-refractivity contribution is 0.0727. The molecule has 0 aliphatic rings. The fourth-order valence-corrected chi connectivity index (χ4v) is 11.6. The highest BCUT2D eigenvalue weighted by Crippen LogP contribution is 2.22. The van der Waals surface area contributed by atoms with Gasteiger partial charge in [0.15, 0.2) is 0 Å². The summed E-state index contributed by atoms with van der Waals surface area (Å²) < 4.78 is 57.2. The van der Waals surface area contributed by atoms with Crippen LogP contribution in [-0.2, 0) is 35.8 Å². The Morgan fingerprint density at radius 1 is 0.773 bits per heavy atom. The Kier molecular flexibility index (Phi) is 10.2. The molecule has 0 aromatic carbocycles. The van der Waals surface area contributed by atoms with Crippen molar-refractivity contribution in [2.75, 3.05) is 46.9 Å². The van der Waals surface area contributed by atoms with Gasteiger partial charge in [0, 0.05) is 47.2 Å². The van der Waals surface area contributed by atoms with Crippen LogP contribution in [0, 0.1) is 0 Å². The van der Waals surface area contributed by atoms with E-state index in [9.17, 15) is 8.42 Å². The first-order valence-electron chi connectivity index (χ1n) is 7.12. The molecule has 0 bridgehead atoms. The van der Waals surface area contributed by atoms with Gasteiger partial charge in [0.05, 0.1) is 5.75 Å². The van der Waals surface area contributed by atoms with Gasteiger partial charge in [0.2, 0.25) is 9.29 Å². The van der Waals surface area contributed by atoms with Crippen molar-refractivity contribution in [1.29, 1.82) is 0 Å². The van der Waals surface area contributed by atoms with Gasteiger partial charge in [-0.15, -0.1) is 0 Å². The van der Waals surface area contributed by atoms with Crippen LogP contribution in [0.4, 0.5) is 0 Å². The van der Waals surface area contributed by atoms with Crippen molar-refractivity contribution in [2.24, 2.45) is 0 Å². The van der Waals surface area contributed by atoms with E-state index >= 15 is 0 Å². The van der Waals surface area contributed by atoms with E-state index in [1.165, 1.54) is 21.3 Å². The van der Waals surface area contributed by atoms with Crippen LogP contribution >= 0.6 is 0 Å². The van der Waals surface area contributed by atoms with Gasteiger partial charge >= 0.3 is 16.8 Å². The van der Waals surface area contributed by atoms with E-state index < -0.39 is 26.0 Å². The molecule has 0 amide bonds. The average molecular weight is 377 g/mol. The minimum absolute atomic E-state index is 0.121. The van der Waals surface area contributed by atoms with Crippen molar-refractivity contribution in [3.8, 4) is 0 Å². The van der Waals surface area contributed by atoms with Gasteiger partial charge in [-0.2, -0.15) is 0 Å². The summed E-state index contributed by atoms with van der Waals surface area (Å²) in [5.41, 5.74) is 0. The molecule has 0 saturated heterocycles. The monoisotopic (exact) mass is 376 g/mol. The molecule has 0 radical (unpaired) electrons. The molecule has 0 atom stereocenters. The molecule has 0 rings (SSSR count). The molecule has 0 aromatic heterocycles. The highest BCUT2D eigenvalue weighted by atomic mass is 32.4. The van der Waals surface area contributed by atoms with Crippen molar-refractivity contribution in [2.45, 2.75) is 26.8 Å². The van der Waals surface area contributed by atoms with Crippen LogP contribution < -0.4 is 0 Å². The van der Waals surface area contributed by atoms with Crippen LogP contribution in [0.2, 0.25) is 6.04 Å². The van der Waals surface area contributed by atoms with Gasteiger partial charge in [0.25, 0.3) is 0 Å². The second-order valence-electron chi connectivity index (χ2n) is 4.16. The summed E-state index contributed by atoms with van der Waals surface area (Å²) >= 11 is 0. The van der Waals surface area contributed by atoms with Crippen LogP contribution in [0.5, 0.6) is 0 Å². The second-order valence-corrected chi connectivity index (χ2v) is 14.1. The van der Waals surface area contributed by atoms with E-state index in [1.807, 2.05) is 20.8 Å². The first kappa shape index (κ1) is 22.1. The van der Waals surface area contributed by atoms with Gasteiger partial charge in [-0.05, 0) is 20.8 Å². The first-order chi connectivity index (χ1) is 10.3. The van der Waals surface area contributed by atoms with Crippen molar-refractivity contribution >= 4 is 26.0 Å². The Hall–Kier alpha value is 0.144. The Labute approximate surface area is 135 Å². The molecule has 0 N–H and O–H groups in total. The summed E-state index contributed by atoms with van der Waals surface area (Å²) in [6, 6.07) is 0.121. The maximum absolute atomic E-state index is 12.5. The zero-order valence-corrected chi connectivity index (χ0v) is 17.0. The molecule has 0 saturated carbocycles. The van der Waals surface area contributed by atoms with Crippen molar-refractivity contribution < 1.29 is 35.0 Å². The molecule has 8 nitrogen and oxygen atoms in total. The molecule has 11 heteroatoms. The van der Waals surface area contributed by atoms with E-state index in [2.05, 4.69) is 0 Å². The fraction of sp³-hybridized carbons (Fsp3) is 1.00. The Balaban J connectivity index is 5.25. The van der Waals surface area contributed by atoms with E-state index in [1.54, 1.807) is 0 Å². The van der Waals surface area contributed by atoms with Crippen LogP contribution in [0.25, 0.3) is 0 Å². The van der Waals surface area contributed by atoms with Gasteiger partial charge in [-0.1, -0.05) is 0 Å². The molecule has 0 aliphatic heterocycles. The summed E-state index contributed by atoms with van der Waals surface area (Å²) in [7, 11) is -6.81. The predicted molar refractivity (Wildman–Crippen MR) is 86.0 cm³/mol. The standard InChI is InChI=1S/C11H28O8SSi2/c1-7-17-21(18-8-2,19-9-3)11-10-20(12,13)22(14-4,15-5)16-6/h7-11H2,1-6H3. The van der Waals surface area contributed by atoms with Crippen molar-refractivity contribution in [3.05, 3.63) is 0 Å². The normalized spacial score (nSPS) is 13.5. The van der Waals surface area contributed by atoms with Crippen LogP contribution in [-0.4, -0.2) is 72.1 Å². The Morgan fingerprint density at radius 2 is 1.14 bits per heavy atom. The molecule has 0 aromatic rings. The van der Waals surface area contributed by atoms with E-state index in [0.717, 1.165) is 0 Å². The van der Waals surface area contributed by atoms with Crippen LogP contribution in [0.1, 0.15) is 20.8 Å². The number of rotatable bonds is 13. The Morgan fingerprint density at radius 3 is 1.41 bits per heavy atom. The lowest BCUT2D eigenvalue weighted by Crippen LogP contribution is -2.54. The first-order valence-corrected chi connectivity index (χ1v) is 13.2. The Bertz CT molecular complexity index is 374. The SMILES string of the molecule is CCO[Si](CCS(=O)(=O)[Si](OC)(OC)OC)(OCC)OCC. The summed E-state index contributed by atoms with van der Waals surface area (Å²) in [6.07, 6.45) is 0. The molecule has 0 aliphatic carbocycles. The number of hydrogen-bond donors (Lipinski definition) is 0. The fourth-order valence-electron chi connectivity index (χ4n) is 2.02. The zero-order valence-electron chi connectivity index (χ0n) is 14.2. The third kappa shape index (κ3) is 5.35. The quantitative estimate of drug-likeness (QED) is 0.437. The largest absolute Gasteiger partial charge is 0.634 e. The molecular formula is C11H28O8SSi2. The minimum atomic E-state index is -3.79. The van der Waals surface area contributed by atoms with Crippen molar-refractivity contribution in [1.82, 2.24) is 0 Å². The average Bonchev–Trinajstić information content (AvgIpc) is 2.48. The van der Waals surface area contributed by atoms with Gasteiger partial charge in [-0.3, -0.25) is 0 Å². The topological polar surface area (TPSA) is 89.5 Å². The highest BCUT2D eigenvalue weighted by molar-refractivity contribution is 8.19. The molecule has 0 spiro atoms. The van der Waals surface area contributed by atoms with E-state index in [-0.39, 0.29) is 11.8 Å². The zero-order chi connectivity index (χ0) is 17.3. The summed E-state index contributed by atoms with van der Waals surface area (Å²) in [6.45, 7) is 6.58. The summed E-state index contributed by atoms with van der Waals surface area (Å²) in [5.74, 6) is -0.249. The molecule has 134 valence electrons. The molecule has 22 heavy (non-hydrogen) atoms. The third-order valence-corrected chi connectivity index (χ3v) is 13.7. The lowest BCUT2D eigenvalue weighted by Gasteiger charge is -2.29. The van der Waals surface area contributed by atoms with E-state index in [4.69, 9.17) is 26.6 Å². The predicted octanol–water partition coefficient (Wildman–Crippen LogP) is 0.824. The molecule has 0 heterocycles. The van der Waals surface area contributed by atoms with E-state index in [0.29, 0.717) is 19.8 Å². The lowest BCUT2D eigenvalue weighted by atomic mass is 10.9. The smallest absolute Gasteiger partial charge is 0.374 e. The van der Waals surface area contributed by atoms with Gasteiger partial charge in [0.1, 0.15) is 0 Å². The third-order valence-electron chi connectivity index (χ3n) is 2.90. The summed E-state index contributed by atoms with van der Waals surface area (Å²) in [4.78, 5) is 0. The molecule has 0 unspecified atom stereocenters. The second kappa shape index (κ2) is 10.1.